The lowest BCUT2D eigenvalue weighted by Gasteiger charge is -2.16. The zero-order chi connectivity index (χ0) is 21.3. The molecule has 1 N–H and O–H groups in total. The molecule has 0 aliphatic carbocycles. The molecule has 0 spiro atoms. The molecule has 1 atom stereocenters. The van der Waals surface area contributed by atoms with Gasteiger partial charge in [0.2, 0.25) is 0 Å². The van der Waals surface area contributed by atoms with Gasteiger partial charge < -0.3 is 14.5 Å². The second-order valence-electron chi connectivity index (χ2n) is 6.61. The van der Waals surface area contributed by atoms with Gasteiger partial charge in [-0.25, -0.2) is 9.55 Å². The summed E-state index contributed by atoms with van der Waals surface area (Å²) in [5.74, 6) is 0.171. The zero-order valence-corrected chi connectivity index (χ0v) is 17.7. The van der Waals surface area contributed by atoms with Crippen molar-refractivity contribution in [2.45, 2.75) is 24.3 Å². The molecule has 2 heterocycles. The fourth-order valence-electron chi connectivity index (χ4n) is 3.31. The Bertz CT molecular complexity index is 1290. The van der Waals surface area contributed by atoms with Crippen LogP contribution in [-0.4, -0.2) is 39.5 Å². The van der Waals surface area contributed by atoms with E-state index in [2.05, 4.69) is 4.98 Å². The van der Waals surface area contributed by atoms with E-state index in [-0.39, 0.29) is 18.1 Å². The number of rotatable bonds is 6. The number of benzene rings is 2. The van der Waals surface area contributed by atoms with E-state index in [0.29, 0.717) is 27.6 Å². The van der Waals surface area contributed by atoms with Crippen LogP contribution in [0.1, 0.15) is 13.8 Å². The summed E-state index contributed by atoms with van der Waals surface area (Å²) in [5.41, 5.74) is 2.08. The molecular weight excluding hydrogens is 402 g/mol. The average molecular weight is 423 g/mol. The van der Waals surface area contributed by atoms with Gasteiger partial charge in [0, 0.05) is 10.9 Å². The van der Waals surface area contributed by atoms with Gasteiger partial charge in [0.15, 0.2) is 5.16 Å². The highest BCUT2D eigenvalue weighted by Crippen LogP contribution is 2.31. The van der Waals surface area contributed by atoms with Crippen LogP contribution < -0.4 is 10.3 Å². The Kier molecular flexibility index (Phi) is 5.50. The molecule has 30 heavy (non-hydrogen) atoms. The molecule has 4 rings (SSSR count). The number of carbonyl (C=O) groups excluding carboxylic acids is 1. The van der Waals surface area contributed by atoms with E-state index < -0.39 is 5.25 Å². The van der Waals surface area contributed by atoms with Gasteiger partial charge in [0.05, 0.1) is 19.4 Å². The summed E-state index contributed by atoms with van der Waals surface area (Å²) in [6.07, 6.45) is 0. The molecule has 0 fully saturated rings. The molecule has 0 radical (unpaired) electrons. The second kappa shape index (κ2) is 8.23. The molecule has 0 amide bonds. The molecule has 7 nitrogen and oxygen atoms in total. The van der Waals surface area contributed by atoms with Gasteiger partial charge in [-0.2, -0.15) is 0 Å². The summed E-state index contributed by atoms with van der Waals surface area (Å²) in [5, 5.41) is 0.699. The third kappa shape index (κ3) is 3.43. The fraction of sp³-hybridized carbons (Fsp3) is 0.227. The number of fused-ring (bicyclic) bond motifs is 3. The van der Waals surface area contributed by atoms with Crippen molar-refractivity contribution in [3.8, 4) is 11.4 Å². The average Bonchev–Trinajstić information content (AvgIpc) is 3.13. The number of ether oxygens (including phenoxy) is 2. The van der Waals surface area contributed by atoms with Crippen LogP contribution >= 0.6 is 11.8 Å². The van der Waals surface area contributed by atoms with Crippen molar-refractivity contribution in [2.75, 3.05) is 13.7 Å². The molecule has 154 valence electrons. The lowest BCUT2D eigenvalue weighted by Crippen LogP contribution is -2.24. The van der Waals surface area contributed by atoms with E-state index in [1.54, 1.807) is 33.1 Å². The number of thioether (sulfide) groups is 1. The van der Waals surface area contributed by atoms with Crippen molar-refractivity contribution in [3.63, 3.8) is 0 Å². The van der Waals surface area contributed by atoms with Crippen LogP contribution in [0.25, 0.3) is 27.6 Å². The minimum atomic E-state index is -0.541. The largest absolute Gasteiger partial charge is 0.495 e. The number of nitrogens with one attached hydrogen (secondary N) is 1. The molecule has 1 unspecified atom stereocenters. The second-order valence-corrected chi connectivity index (χ2v) is 7.92. The van der Waals surface area contributed by atoms with Crippen LogP contribution in [0.4, 0.5) is 0 Å². The molecule has 4 aromatic rings. The number of methoxy groups -OCH3 is 1. The number of esters is 1. The highest BCUT2D eigenvalue weighted by atomic mass is 32.2. The minimum Gasteiger partial charge on any atom is -0.495 e. The number of hydrogen-bond acceptors (Lipinski definition) is 6. The van der Waals surface area contributed by atoms with Gasteiger partial charge in [-0.15, -0.1) is 0 Å². The summed E-state index contributed by atoms with van der Waals surface area (Å²) < 4.78 is 12.1. The number of carbonyl (C=O) groups is 1. The Morgan fingerprint density at radius 3 is 2.70 bits per heavy atom. The van der Waals surface area contributed by atoms with Crippen molar-refractivity contribution < 1.29 is 14.3 Å². The quantitative estimate of drug-likeness (QED) is 0.287. The Balaban J connectivity index is 2.00. The monoisotopic (exact) mass is 423 g/mol. The molecule has 8 heteroatoms. The van der Waals surface area contributed by atoms with E-state index >= 15 is 0 Å². The van der Waals surface area contributed by atoms with Gasteiger partial charge in [-0.1, -0.05) is 42.1 Å². The first-order chi connectivity index (χ1) is 14.5. The number of aromatic nitrogens is 3. The number of H-pyrrole nitrogens is 1. The van der Waals surface area contributed by atoms with E-state index in [1.807, 2.05) is 36.4 Å². The minimum absolute atomic E-state index is 0.265. The first-order valence-electron chi connectivity index (χ1n) is 9.55. The molecule has 2 aromatic heterocycles. The Hall–Kier alpha value is -3.26. The fourth-order valence-corrected chi connectivity index (χ4v) is 4.23. The van der Waals surface area contributed by atoms with Crippen LogP contribution in [0.2, 0.25) is 0 Å². The lowest BCUT2D eigenvalue weighted by atomic mass is 10.2. The zero-order valence-electron chi connectivity index (χ0n) is 16.8. The summed E-state index contributed by atoms with van der Waals surface area (Å²) in [7, 11) is 1.55. The highest BCUT2D eigenvalue weighted by molar-refractivity contribution is 8.00. The van der Waals surface area contributed by atoms with Gasteiger partial charge in [-0.05, 0) is 32.0 Å². The summed E-state index contributed by atoms with van der Waals surface area (Å²) in [4.78, 5) is 33.8. The van der Waals surface area contributed by atoms with Crippen molar-refractivity contribution >= 4 is 39.7 Å². The van der Waals surface area contributed by atoms with Gasteiger partial charge in [0.1, 0.15) is 22.0 Å². The molecular formula is C22H21N3O4S. The van der Waals surface area contributed by atoms with Crippen molar-refractivity contribution in [3.05, 3.63) is 58.9 Å². The van der Waals surface area contributed by atoms with E-state index in [0.717, 1.165) is 10.9 Å². The first-order valence-corrected chi connectivity index (χ1v) is 10.4. The smallest absolute Gasteiger partial charge is 0.319 e. The van der Waals surface area contributed by atoms with Crippen LogP contribution in [0.5, 0.6) is 5.75 Å². The van der Waals surface area contributed by atoms with E-state index in [9.17, 15) is 9.59 Å². The third-order valence-electron chi connectivity index (χ3n) is 4.72. The number of aromatic amines is 1. The van der Waals surface area contributed by atoms with Crippen LogP contribution in [0.3, 0.4) is 0 Å². The molecule has 0 saturated carbocycles. The maximum atomic E-state index is 13.6. The van der Waals surface area contributed by atoms with E-state index in [1.165, 1.54) is 16.3 Å². The van der Waals surface area contributed by atoms with Gasteiger partial charge in [0.25, 0.3) is 5.56 Å². The molecule has 0 bridgehead atoms. The Morgan fingerprint density at radius 1 is 1.20 bits per heavy atom. The Morgan fingerprint density at radius 2 is 1.93 bits per heavy atom. The number of para-hydroxylation sites is 3. The maximum Gasteiger partial charge on any atom is 0.319 e. The van der Waals surface area contributed by atoms with Crippen LogP contribution in [0, 0.1) is 0 Å². The van der Waals surface area contributed by atoms with Gasteiger partial charge >= 0.3 is 5.97 Å². The van der Waals surface area contributed by atoms with E-state index in [4.69, 9.17) is 14.5 Å². The predicted molar refractivity (Wildman–Crippen MR) is 118 cm³/mol. The number of hydrogen-bond donors (Lipinski definition) is 1. The molecule has 0 aliphatic rings. The van der Waals surface area contributed by atoms with Gasteiger partial charge in [-0.3, -0.25) is 9.59 Å². The van der Waals surface area contributed by atoms with Crippen molar-refractivity contribution in [2.24, 2.45) is 0 Å². The maximum absolute atomic E-state index is 13.6. The molecule has 0 aliphatic heterocycles. The lowest BCUT2D eigenvalue weighted by molar-refractivity contribution is -0.142. The predicted octanol–water partition coefficient (Wildman–Crippen LogP) is 3.92. The first kappa shape index (κ1) is 20.0. The standard InChI is InChI=1S/C22H21N3O4S/c1-4-29-21(27)13(2)30-22-24-18-14-9-5-6-10-15(14)23-19(18)20(26)25(22)16-11-7-8-12-17(16)28-3/h5-13,23H,4H2,1-3H3. The number of nitrogens with zero attached hydrogens (tertiary/aromatic N) is 2. The highest BCUT2D eigenvalue weighted by Gasteiger charge is 2.23. The SMILES string of the molecule is CCOC(=O)C(C)Sc1nc2c([nH]c3ccccc32)c(=O)n1-c1ccccc1OC. The summed E-state index contributed by atoms with van der Waals surface area (Å²) in [6, 6.07) is 14.8. The van der Waals surface area contributed by atoms with Crippen molar-refractivity contribution in [1.82, 2.24) is 14.5 Å². The Labute approximate surface area is 177 Å². The van der Waals surface area contributed by atoms with Crippen molar-refractivity contribution in [1.29, 1.82) is 0 Å². The molecule has 0 saturated heterocycles. The third-order valence-corrected chi connectivity index (χ3v) is 5.75. The molecule has 2 aromatic carbocycles. The summed E-state index contributed by atoms with van der Waals surface area (Å²) in [6.45, 7) is 3.79. The topological polar surface area (TPSA) is 86.2 Å². The normalized spacial score (nSPS) is 12.2. The van der Waals surface area contributed by atoms with Crippen LogP contribution in [0.15, 0.2) is 58.5 Å². The van der Waals surface area contributed by atoms with Crippen LogP contribution in [-0.2, 0) is 9.53 Å². The summed E-state index contributed by atoms with van der Waals surface area (Å²) >= 11 is 1.18.